The van der Waals surface area contributed by atoms with Crippen LogP contribution in [-0.4, -0.2) is 23.3 Å². The van der Waals surface area contributed by atoms with Crippen molar-refractivity contribution in [3.63, 3.8) is 0 Å². The van der Waals surface area contributed by atoms with E-state index >= 15 is 0 Å². The number of likely N-dealkylation sites (N-methyl/N-ethyl adjacent to an activating group) is 1. The number of halogens is 2. The Morgan fingerprint density at radius 3 is 2.76 bits per heavy atom. The summed E-state index contributed by atoms with van der Waals surface area (Å²) in [5, 5.41) is 4.97. The van der Waals surface area contributed by atoms with Crippen molar-refractivity contribution in [3.05, 3.63) is 75.7 Å². The lowest BCUT2D eigenvalue weighted by molar-refractivity contribution is -0.119. The molecule has 0 spiro atoms. The predicted molar refractivity (Wildman–Crippen MR) is 119 cm³/mol. The van der Waals surface area contributed by atoms with Crippen LogP contribution in [0.15, 0.2) is 60.0 Å². The molecule has 29 heavy (non-hydrogen) atoms. The molecule has 0 unspecified atom stereocenters. The second-order valence-corrected chi connectivity index (χ2v) is 9.13. The van der Waals surface area contributed by atoms with Crippen LogP contribution in [0.4, 0.5) is 10.1 Å². The van der Waals surface area contributed by atoms with E-state index in [-0.39, 0.29) is 23.0 Å². The van der Waals surface area contributed by atoms with Crippen LogP contribution < -0.4 is 10.0 Å². The fraction of sp³-hybridized carbons (Fsp3) is 0.190. The molecule has 1 saturated heterocycles. The van der Waals surface area contributed by atoms with E-state index in [1.165, 1.54) is 46.3 Å². The molecule has 150 valence electrons. The third-order valence-corrected chi connectivity index (χ3v) is 7.07. The largest absolute Gasteiger partial charge is 0.325 e. The normalized spacial score (nSPS) is 19.8. The average molecular weight is 448 g/mol. The molecule has 1 fully saturated rings. The van der Waals surface area contributed by atoms with Gasteiger partial charge in [0.1, 0.15) is 11.9 Å². The second-order valence-electron chi connectivity index (χ2n) is 6.78. The van der Waals surface area contributed by atoms with E-state index in [1.54, 1.807) is 11.3 Å². The van der Waals surface area contributed by atoms with E-state index in [0.29, 0.717) is 12.1 Å². The standard InChI is InChI=1S/C21H19ClFN3OS2/c1-26-19(21(27)24-15-7-8-17(23)16(22)10-15)11-18(25-29-26)20-9-14(12-28-20)13-5-3-2-4-6-13/h2-10,12,18-19,25H,11H2,1H3,(H,24,27)/t18-,19+/m1/s1. The van der Waals surface area contributed by atoms with Gasteiger partial charge in [-0.2, -0.15) is 0 Å². The van der Waals surface area contributed by atoms with Gasteiger partial charge in [-0.05, 0) is 54.2 Å². The van der Waals surface area contributed by atoms with Gasteiger partial charge < -0.3 is 5.32 Å². The van der Waals surface area contributed by atoms with Gasteiger partial charge in [0.15, 0.2) is 0 Å². The van der Waals surface area contributed by atoms with Crippen molar-refractivity contribution in [1.29, 1.82) is 0 Å². The first-order valence-electron chi connectivity index (χ1n) is 9.06. The number of amides is 1. The van der Waals surface area contributed by atoms with Crippen LogP contribution in [-0.2, 0) is 4.79 Å². The Bertz CT molecular complexity index is 1010. The summed E-state index contributed by atoms with van der Waals surface area (Å²) >= 11 is 8.93. The van der Waals surface area contributed by atoms with E-state index in [0.717, 1.165) is 0 Å². The Morgan fingerprint density at radius 1 is 1.21 bits per heavy atom. The number of anilines is 1. The number of carbonyl (C=O) groups excluding carboxylic acids is 1. The van der Waals surface area contributed by atoms with Crippen LogP contribution in [0.2, 0.25) is 5.02 Å². The van der Waals surface area contributed by atoms with E-state index in [2.05, 4.69) is 33.6 Å². The minimum Gasteiger partial charge on any atom is -0.325 e. The summed E-state index contributed by atoms with van der Waals surface area (Å²) in [7, 11) is 1.87. The molecule has 1 aliphatic rings. The zero-order chi connectivity index (χ0) is 20.4. The van der Waals surface area contributed by atoms with Crippen molar-refractivity contribution in [1.82, 2.24) is 9.03 Å². The maximum atomic E-state index is 13.4. The summed E-state index contributed by atoms with van der Waals surface area (Å²) in [4.78, 5) is 14.0. The second kappa shape index (κ2) is 8.85. The average Bonchev–Trinajstić information content (AvgIpc) is 3.22. The Morgan fingerprint density at radius 2 is 2.00 bits per heavy atom. The molecule has 1 aliphatic heterocycles. The molecule has 2 aromatic carbocycles. The predicted octanol–water partition coefficient (Wildman–Crippen LogP) is 5.74. The zero-order valence-corrected chi connectivity index (χ0v) is 18.0. The molecule has 1 amide bonds. The number of nitrogens with zero attached hydrogens (tertiary/aromatic N) is 1. The highest BCUT2D eigenvalue weighted by Crippen LogP contribution is 2.36. The molecular weight excluding hydrogens is 429 g/mol. The molecule has 4 nitrogen and oxygen atoms in total. The minimum atomic E-state index is -0.508. The van der Waals surface area contributed by atoms with E-state index in [1.807, 2.05) is 29.6 Å². The number of nitrogens with one attached hydrogen (secondary N) is 2. The van der Waals surface area contributed by atoms with Crippen LogP contribution in [0, 0.1) is 5.82 Å². The molecule has 8 heteroatoms. The first kappa shape index (κ1) is 20.4. The molecule has 4 rings (SSSR count). The molecule has 1 aromatic heterocycles. The topological polar surface area (TPSA) is 44.4 Å². The van der Waals surface area contributed by atoms with Gasteiger partial charge in [0.05, 0.1) is 11.1 Å². The third-order valence-electron chi connectivity index (χ3n) is 4.80. The number of rotatable bonds is 4. The fourth-order valence-electron chi connectivity index (χ4n) is 3.19. The quantitative estimate of drug-likeness (QED) is 0.500. The maximum absolute atomic E-state index is 13.4. The number of benzene rings is 2. The summed E-state index contributed by atoms with van der Waals surface area (Å²) in [6.07, 6.45) is 0.624. The summed E-state index contributed by atoms with van der Waals surface area (Å²) in [5.74, 6) is -0.653. The monoisotopic (exact) mass is 447 g/mol. The molecule has 0 saturated carbocycles. The van der Waals surface area contributed by atoms with Gasteiger partial charge >= 0.3 is 0 Å². The molecule has 3 aromatic rings. The molecule has 2 heterocycles. The van der Waals surface area contributed by atoms with Crippen molar-refractivity contribution in [2.75, 3.05) is 12.4 Å². The third kappa shape index (κ3) is 4.65. The number of thiophene rings is 1. The van der Waals surface area contributed by atoms with E-state index in [9.17, 15) is 9.18 Å². The van der Waals surface area contributed by atoms with Crippen molar-refractivity contribution in [3.8, 4) is 11.1 Å². The highest BCUT2D eigenvalue weighted by Gasteiger charge is 2.33. The number of hydrogen-bond acceptors (Lipinski definition) is 5. The Balaban J connectivity index is 1.47. The highest BCUT2D eigenvalue weighted by atomic mass is 35.5. The molecule has 0 bridgehead atoms. The smallest absolute Gasteiger partial charge is 0.242 e. The summed E-state index contributed by atoms with van der Waals surface area (Å²) < 4.78 is 18.7. The molecule has 0 aliphatic carbocycles. The Hall–Kier alpha value is -1.90. The van der Waals surface area contributed by atoms with Gasteiger partial charge in [0, 0.05) is 22.7 Å². The van der Waals surface area contributed by atoms with E-state index in [4.69, 9.17) is 11.6 Å². The Labute approximate surface area is 182 Å². The lowest BCUT2D eigenvalue weighted by Crippen LogP contribution is -2.45. The summed E-state index contributed by atoms with van der Waals surface area (Å²) in [6.45, 7) is 0. The van der Waals surface area contributed by atoms with Crippen LogP contribution in [0.3, 0.4) is 0 Å². The van der Waals surface area contributed by atoms with Gasteiger partial charge in [-0.15, -0.1) is 11.3 Å². The van der Waals surface area contributed by atoms with Crippen LogP contribution >= 0.6 is 35.1 Å². The van der Waals surface area contributed by atoms with Crippen molar-refractivity contribution < 1.29 is 9.18 Å². The number of carbonyl (C=O) groups is 1. The fourth-order valence-corrected chi connectivity index (χ4v) is 5.26. The highest BCUT2D eigenvalue weighted by molar-refractivity contribution is 7.95. The molecule has 2 N–H and O–H groups in total. The first-order chi connectivity index (χ1) is 14.0. The van der Waals surface area contributed by atoms with Gasteiger partial charge in [0.25, 0.3) is 0 Å². The summed E-state index contributed by atoms with van der Waals surface area (Å²) in [5.41, 5.74) is 2.84. The molecule has 2 atom stereocenters. The van der Waals surface area contributed by atoms with E-state index < -0.39 is 5.82 Å². The number of hydrogen-bond donors (Lipinski definition) is 2. The van der Waals surface area contributed by atoms with Gasteiger partial charge in [-0.3, -0.25) is 4.79 Å². The molecule has 0 radical (unpaired) electrons. The van der Waals surface area contributed by atoms with Crippen molar-refractivity contribution in [2.24, 2.45) is 0 Å². The first-order valence-corrected chi connectivity index (χ1v) is 11.1. The summed E-state index contributed by atoms with van der Waals surface area (Å²) in [6, 6.07) is 16.3. The maximum Gasteiger partial charge on any atom is 0.242 e. The van der Waals surface area contributed by atoms with Crippen molar-refractivity contribution in [2.45, 2.75) is 18.5 Å². The minimum absolute atomic E-state index is 0.0132. The Kier molecular flexibility index (Phi) is 6.22. The van der Waals surface area contributed by atoms with Gasteiger partial charge in [0.2, 0.25) is 5.91 Å². The molecular formula is C21H19ClFN3OS2. The SMILES string of the molecule is CN1SN[C@@H](c2cc(-c3ccccc3)cs2)C[C@H]1C(=O)Nc1ccc(F)c(Cl)c1. The van der Waals surface area contributed by atoms with Crippen molar-refractivity contribution >= 4 is 46.7 Å². The van der Waals surface area contributed by atoms with Gasteiger partial charge in [-0.1, -0.05) is 41.9 Å². The van der Waals surface area contributed by atoms with Crippen LogP contribution in [0.1, 0.15) is 17.3 Å². The van der Waals surface area contributed by atoms with Crippen LogP contribution in [0.25, 0.3) is 11.1 Å². The van der Waals surface area contributed by atoms with Crippen LogP contribution in [0.5, 0.6) is 0 Å². The van der Waals surface area contributed by atoms with Gasteiger partial charge in [-0.25, -0.2) is 13.4 Å². The zero-order valence-electron chi connectivity index (χ0n) is 15.6. The lowest BCUT2D eigenvalue weighted by Gasteiger charge is -2.35. The lowest BCUT2D eigenvalue weighted by atomic mass is 10.0.